The number of carbonyl (C=O) groups is 1. The number of benzene rings is 2. The van der Waals surface area contributed by atoms with Crippen molar-refractivity contribution in [3.05, 3.63) is 77.6 Å². The van der Waals surface area contributed by atoms with Crippen molar-refractivity contribution in [3.8, 4) is 5.69 Å². The molecule has 1 amide bonds. The van der Waals surface area contributed by atoms with Crippen LogP contribution in [0, 0.1) is 5.92 Å². The molecule has 0 aliphatic heterocycles. The first kappa shape index (κ1) is 15.0. The van der Waals surface area contributed by atoms with Gasteiger partial charge < -0.3 is 5.32 Å². The van der Waals surface area contributed by atoms with Crippen molar-refractivity contribution in [1.82, 2.24) is 9.78 Å². The zero-order valence-electron chi connectivity index (χ0n) is 12.9. The fourth-order valence-electron chi connectivity index (χ4n) is 2.99. The van der Waals surface area contributed by atoms with Gasteiger partial charge in [0, 0.05) is 29.0 Å². The maximum atomic E-state index is 12.5. The molecule has 1 aliphatic carbocycles. The lowest BCUT2D eigenvalue weighted by Crippen LogP contribution is -2.14. The van der Waals surface area contributed by atoms with Gasteiger partial charge in [-0.2, -0.15) is 5.10 Å². The van der Waals surface area contributed by atoms with Crippen molar-refractivity contribution in [2.24, 2.45) is 5.92 Å². The van der Waals surface area contributed by atoms with Crippen LogP contribution in [-0.2, 0) is 4.79 Å². The molecule has 0 spiro atoms. The molecule has 1 fully saturated rings. The van der Waals surface area contributed by atoms with Crippen LogP contribution in [0.2, 0.25) is 5.02 Å². The lowest BCUT2D eigenvalue weighted by atomic mass is 10.1. The molecule has 1 N–H and O–H groups in total. The lowest BCUT2D eigenvalue weighted by Gasteiger charge is -2.08. The molecule has 5 heteroatoms. The molecular weight excluding hydrogens is 322 g/mol. The van der Waals surface area contributed by atoms with Gasteiger partial charge in [0.25, 0.3) is 0 Å². The Labute approximate surface area is 145 Å². The molecule has 120 valence electrons. The van der Waals surface area contributed by atoms with E-state index in [2.05, 4.69) is 10.4 Å². The van der Waals surface area contributed by atoms with Crippen molar-refractivity contribution >= 4 is 23.2 Å². The van der Waals surface area contributed by atoms with E-state index in [4.69, 9.17) is 11.6 Å². The molecule has 2 unspecified atom stereocenters. The summed E-state index contributed by atoms with van der Waals surface area (Å²) >= 11 is 6.23. The van der Waals surface area contributed by atoms with Gasteiger partial charge in [0.1, 0.15) is 0 Å². The Bertz CT molecular complexity index is 876. The first-order chi connectivity index (χ1) is 11.7. The SMILES string of the molecule is O=C(Nc1cccc(-n2cccn2)c1)C1CC1c1ccccc1Cl. The molecule has 0 radical (unpaired) electrons. The van der Waals surface area contributed by atoms with Gasteiger partial charge in [-0.1, -0.05) is 35.9 Å². The zero-order valence-corrected chi connectivity index (χ0v) is 13.6. The van der Waals surface area contributed by atoms with Crippen LogP contribution in [0.4, 0.5) is 5.69 Å². The van der Waals surface area contributed by atoms with Crippen molar-refractivity contribution in [2.75, 3.05) is 5.32 Å². The van der Waals surface area contributed by atoms with Crippen LogP contribution in [0.25, 0.3) is 5.69 Å². The number of hydrogen-bond acceptors (Lipinski definition) is 2. The third-order valence-electron chi connectivity index (χ3n) is 4.31. The maximum absolute atomic E-state index is 12.5. The highest BCUT2D eigenvalue weighted by Gasteiger charge is 2.44. The predicted octanol–water partition coefficient (Wildman–Crippen LogP) is 4.27. The molecule has 2 atom stereocenters. The summed E-state index contributed by atoms with van der Waals surface area (Å²) in [7, 11) is 0. The van der Waals surface area contributed by atoms with Crippen LogP contribution in [0.5, 0.6) is 0 Å². The number of nitrogens with zero attached hydrogens (tertiary/aromatic N) is 2. The molecule has 1 heterocycles. The second kappa shape index (κ2) is 6.13. The summed E-state index contributed by atoms with van der Waals surface area (Å²) < 4.78 is 1.76. The minimum absolute atomic E-state index is 0.0155. The first-order valence-corrected chi connectivity index (χ1v) is 8.25. The van der Waals surface area contributed by atoms with E-state index in [1.54, 1.807) is 10.9 Å². The third-order valence-corrected chi connectivity index (χ3v) is 4.66. The quantitative estimate of drug-likeness (QED) is 0.773. The minimum Gasteiger partial charge on any atom is -0.326 e. The van der Waals surface area contributed by atoms with E-state index >= 15 is 0 Å². The van der Waals surface area contributed by atoms with Gasteiger partial charge in [0.05, 0.1) is 5.69 Å². The monoisotopic (exact) mass is 337 g/mol. The van der Waals surface area contributed by atoms with Crippen LogP contribution >= 0.6 is 11.6 Å². The molecular formula is C19H16ClN3O. The van der Waals surface area contributed by atoms with Crippen LogP contribution in [0.3, 0.4) is 0 Å². The molecule has 0 saturated heterocycles. The van der Waals surface area contributed by atoms with Crippen molar-refractivity contribution in [3.63, 3.8) is 0 Å². The van der Waals surface area contributed by atoms with E-state index in [1.807, 2.05) is 60.8 Å². The highest BCUT2D eigenvalue weighted by atomic mass is 35.5. The molecule has 0 bridgehead atoms. The van der Waals surface area contributed by atoms with Crippen LogP contribution < -0.4 is 5.32 Å². The standard InChI is InChI=1S/C19H16ClN3O/c20-18-8-2-1-7-15(18)16-12-17(16)19(24)22-13-5-3-6-14(11-13)23-10-4-9-21-23/h1-11,16-17H,12H2,(H,22,24). The van der Waals surface area contributed by atoms with Crippen LogP contribution in [0.1, 0.15) is 17.9 Å². The Morgan fingerprint density at radius 2 is 2.04 bits per heavy atom. The molecule has 2 aromatic carbocycles. The van der Waals surface area contributed by atoms with E-state index < -0.39 is 0 Å². The number of aromatic nitrogens is 2. The maximum Gasteiger partial charge on any atom is 0.228 e. The molecule has 3 aromatic rings. The highest BCUT2D eigenvalue weighted by Crippen LogP contribution is 2.50. The summed E-state index contributed by atoms with van der Waals surface area (Å²) in [6.07, 6.45) is 4.44. The van der Waals surface area contributed by atoms with Gasteiger partial charge in [-0.25, -0.2) is 4.68 Å². The predicted molar refractivity (Wildman–Crippen MR) is 94.5 cm³/mol. The normalized spacial score (nSPS) is 19.0. The second-order valence-corrected chi connectivity index (χ2v) is 6.37. The van der Waals surface area contributed by atoms with Crippen LogP contribution in [0.15, 0.2) is 67.0 Å². The molecule has 4 nitrogen and oxygen atoms in total. The van der Waals surface area contributed by atoms with Gasteiger partial charge in [-0.15, -0.1) is 0 Å². The Balaban J connectivity index is 1.46. The van der Waals surface area contributed by atoms with Gasteiger partial charge >= 0.3 is 0 Å². The summed E-state index contributed by atoms with van der Waals surface area (Å²) in [5.41, 5.74) is 2.75. The average molecular weight is 338 g/mol. The smallest absolute Gasteiger partial charge is 0.228 e. The number of halogens is 1. The fourth-order valence-corrected chi connectivity index (χ4v) is 3.26. The van der Waals surface area contributed by atoms with E-state index in [0.717, 1.165) is 28.4 Å². The van der Waals surface area contributed by atoms with E-state index in [-0.39, 0.29) is 17.7 Å². The van der Waals surface area contributed by atoms with Gasteiger partial charge in [0.2, 0.25) is 5.91 Å². The Kier molecular flexibility index (Phi) is 3.82. The zero-order chi connectivity index (χ0) is 16.5. The van der Waals surface area contributed by atoms with Crippen molar-refractivity contribution in [2.45, 2.75) is 12.3 Å². The summed E-state index contributed by atoms with van der Waals surface area (Å²) in [6, 6.07) is 17.3. The van der Waals surface area contributed by atoms with Gasteiger partial charge in [0.15, 0.2) is 0 Å². The number of carbonyl (C=O) groups excluding carboxylic acids is 1. The molecule has 1 aliphatic rings. The molecule has 1 aromatic heterocycles. The minimum atomic E-state index is -0.0155. The Hall–Kier alpha value is -2.59. The Morgan fingerprint density at radius 1 is 1.17 bits per heavy atom. The topological polar surface area (TPSA) is 46.9 Å². The van der Waals surface area contributed by atoms with Gasteiger partial charge in [-0.3, -0.25) is 4.79 Å². The summed E-state index contributed by atoms with van der Waals surface area (Å²) in [5.74, 6) is 0.240. The third kappa shape index (κ3) is 2.93. The fraction of sp³-hybridized carbons (Fsp3) is 0.158. The average Bonchev–Trinajstić information content (AvgIpc) is 3.19. The molecule has 24 heavy (non-hydrogen) atoms. The highest BCUT2D eigenvalue weighted by molar-refractivity contribution is 6.31. The molecule has 1 saturated carbocycles. The number of nitrogens with one attached hydrogen (secondary N) is 1. The van der Waals surface area contributed by atoms with Crippen LogP contribution in [-0.4, -0.2) is 15.7 Å². The number of anilines is 1. The van der Waals surface area contributed by atoms with Crippen molar-refractivity contribution in [1.29, 1.82) is 0 Å². The lowest BCUT2D eigenvalue weighted by molar-refractivity contribution is -0.117. The van der Waals surface area contributed by atoms with E-state index in [0.29, 0.717) is 0 Å². The second-order valence-electron chi connectivity index (χ2n) is 5.96. The summed E-state index contributed by atoms with van der Waals surface area (Å²) in [5, 5.41) is 7.94. The van der Waals surface area contributed by atoms with Crippen molar-refractivity contribution < 1.29 is 4.79 Å². The summed E-state index contributed by atoms with van der Waals surface area (Å²) in [6.45, 7) is 0. The summed E-state index contributed by atoms with van der Waals surface area (Å²) in [4.78, 5) is 12.5. The largest absolute Gasteiger partial charge is 0.326 e. The van der Waals surface area contributed by atoms with E-state index in [9.17, 15) is 4.79 Å². The van der Waals surface area contributed by atoms with E-state index in [1.165, 1.54) is 0 Å². The van der Waals surface area contributed by atoms with Gasteiger partial charge in [-0.05, 0) is 48.2 Å². The Morgan fingerprint density at radius 3 is 2.83 bits per heavy atom. The number of hydrogen-bond donors (Lipinski definition) is 1. The number of rotatable bonds is 4. The molecule has 4 rings (SSSR count). The number of amides is 1. The first-order valence-electron chi connectivity index (χ1n) is 7.88.